The number of anilines is 1. The zero-order chi connectivity index (χ0) is 21.0. The average Bonchev–Trinajstić information content (AvgIpc) is 2.69. The fourth-order valence-electron chi connectivity index (χ4n) is 2.95. The van der Waals surface area contributed by atoms with Crippen molar-refractivity contribution in [2.75, 3.05) is 25.6 Å². The molecule has 0 aliphatic heterocycles. The molecule has 0 radical (unpaired) electrons. The van der Waals surface area contributed by atoms with E-state index in [0.29, 0.717) is 33.0 Å². The first-order valence-corrected chi connectivity index (χ1v) is 9.12. The molecule has 0 aliphatic rings. The first-order valence-electron chi connectivity index (χ1n) is 8.74. The lowest BCUT2D eigenvalue weighted by atomic mass is 9.98. The Kier molecular flexibility index (Phi) is 6.29. The monoisotopic (exact) mass is 415 g/mol. The van der Waals surface area contributed by atoms with E-state index in [2.05, 4.69) is 9.97 Å². The van der Waals surface area contributed by atoms with E-state index in [1.807, 2.05) is 0 Å². The lowest BCUT2D eigenvalue weighted by Crippen LogP contribution is -2.26. The number of hydrogen-bond acceptors (Lipinski definition) is 5. The quantitative estimate of drug-likeness (QED) is 0.627. The Bertz CT molecular complexity index is 1030. The van der Waals surface area contributed by atoms with Gasteiger partial charge in [-0.15, -0.1) is 0 Å². The lowest BCUT2D eigenvalue weighted by molar-refractivity contribution is -0.135. The standard InChI is InChI=1S/C21H19ClFN3O3/c1-26(12-18(27)28)21-24-10-13(11-25-21)8-15-6-7-17(29-2)19(20(15)23)14-4-3-5-16(22)9-14/h3-7,9-11H,8,12H2,1-2H3,(H,27,28). The highest BCUT2D eigenvalue weighted by Crippen LogP contribution is 2.36. The Labute approximate surface area is 172 Å². The maximum Gasteiger partial charge on any atom is 0.323 e. The topological polar surface area (TPSA) is 75.5 Å². The summed E-state index contributed by atoms with van der Waals surface area (Å²) < 4.78 is 20.7. The molecule has 1 aromatic heterocycles. The van der Waals surface area contributed by atoms with Crippen LogP contribution >= 0.6 is 11.6 Å². The van der Waals surface area contributed by atoms with Gasteiger partial charge >= 0.3 is 5.97 Å². The summed E-state index contributed by atoms with van der Waals surface area (Å²) in [6.45, 7) is -0.213. The van der Waals surface area contributed by atoms with Crippen molar-refractivity contribution in [3.63, 3.8) is 0 Å². The van der Waals surface area contributed by atoms with Crippen LogP contribution in [-0.4, -0.2) is 41.7 Å². The van der Waals surface area contributed by atoms with Crippen molar-refractivity contribution in [1.82, 2.24) is 9.97 Å². The van der Waals surface area contributed by atoms with Gasteiger partial charge in [-0.3, -0.25) is 4.79 Å². The minimum absolute atomic E-state index is 0.213. The molecule has 0 saturated heterocycles. The number of carboxylic acids is 1. The van der Waals surface area contributed by atoms with Crippen LogP contribution in [-0.2, 0) is 11.2 Å². The van der Waals surface area contributed by atoms with Gasteiger partial charge in [0.15, 0.2) is 0 Å². The second-order valence-electron chi connectivity index (χ2n) is 6.44. The molecule has 29 heavy (non-hydrogen) atoms. The van der Waals surface area contributed by atoms with Crippen LogP contribution in [0.2, 0.25) is 5.02 Å². The number of aromatic nitrogens is 2. The van der Waals surface area contributed by atoms with Gasteiger partial charge in [0.05, 0.1) is 12.7 Å². The number of benzene rings is 2. The van der Waals surface area contributed by atoms with E-state index in [1.54, 1.807) is 55.8 Å². The third kappa shape index (κ3) is 4.81. The second-order valence-corrected chi connectivity index (χ2v) is 6.88. The van der Waals surface area contributed by atoms with E-state index in [4.69, 9.17) is 21.4 Å². The molecule has 8 heteroatoms. The molecule has 0 amide bonds. The minimum Gasteiger partial charge on any atom is -0.496 e. The largest absolute Gasteiger partial charge is 0.496 e. The van der Waals surface area contributed by atoms with E-state index in [1.165, 1.54) is 12.0 Å². The molecule has 0 atom stereocenters. The van der Waals surface area contributed by atoms with Crippen molar-refractivity contribution in [2.24, 2.45) is 0 Å². The summed E-state index contributed by atoms with van der Waals surface area (Å²) in [6.07, 6.45) is 3.39. The molecule has 150 valence electrons. The van der Waals surface area contributed by atoms with Crippen molar-refractivity contribution in [1.29, 1.82) is 0 Å². The molecule has 1 heterocycles. The van der Waals surface area contributed by atoms with E-state index < -0.39 is 11.8 Å². The van der Waals surface area contributed by atoms with Crippen molar-refractivity contribution >= 4 is 23.5 Å². The van der Waals surface area contributed by atoms with Crippen molar-refractivity contribution < 1.29 is 19.0 Å². The molecule has 0 fully saturated rings. The van der Waals surface area contributed by atoms with Crippen molar-refractivity contribution in [3.05, 3.63) is 70.8 Å². The van der Waals surface area contributed by atoms with Crippen LogP contribution in [0.4, 0.5) is 10.3 Å². The SMILES string of the molecule is COc1ccc(Cc2cnc(N(C)CC(=O)O)nc2)c(F)c1-c1cccc(Cl)c1. The fraction of sp³-hybridized carbons (Fsp3) is 0.190. The normalized spacial score (nSPS) is 10.6. The minimum atomic E-state index is -0.978. The summed E-state index contributed by atoms with van der Waals surface area (Å²) in [5.74, 6) is -0.686. The van der Waals surface area contributed by atoms with E-state index in [9.17, 15) is 4.79 Å². The number of methoxy groups -OCH3 is 1. The smallest absolute Gasteiger partial charge is 0.323 e. The summed E-state index contributed by atoms with van der Waals surface area (Å²) in [7, 11) is 3.08. The Morgan fingerprint density at radius 2 is 1.97 bits per heavy atom. The van der Waals surface area contributed by atoms with Gasteiger partial charge in [0.2, 0.25) is 5.95 Å². The van der Waals surface area contributed by atoms with Gasteiger partial charge in [-0.1, -0.05) is 29.8 Å². The van der Waals surface area contributed by atoms with E-state index in [0.717, 1.165) is 0 Å². The van der Waals surface area contributed by atoms with E-state index in [-0.39, 0.29) is 18.9 Å². The van der Waals surface area contributed by atoms with Crippen LogP contribution < -0.4 is 9.64 Å². The maximum absolute atomic E-state index is 15.3. The molecule has 3 aromatic rings. The summed E-state index contributed by atoms with van der Waals surface area (Å²) in [5.41, 5.74) is 2.11. The number of likely N-dealkylation sites (N-methyl/N-ethyl adjacent to an activating group) is 1. The third-order valence-electron chi connectivity index (χ3n) is 4.32. The Balaban J connectivity index is 1.90. The molecular formula is C21H19ClFN3O3. The number of hydrogen-bond donors (Lipinski definition) is 1. The van der Waals surface area contributed by atoms with Gasteiger partial charge < -0.3 is 14.7 Å². The van der Waals surface area contributed by atoms with Crippen LogP contribution in [0.1, 0.15) is 11.1 Å². The van der Waals surface area contributed by atoms with Gasteiger partial charge in [-0.25, -0.2) is 14.4 Å². The highest BCUT2D eigenvalue weighted by atomic mass is 35.5. The predicted molar refractivity (Wildman–Crippen MR) is 109 cm³/mol. The summed E-state index contributed by atoms with van der Waals surface area (Å²) in [5, 5.41) is 9.35. The zero-order valence-corrected chi connectivity index (χ0v) is 16.7. The van der Waals surface area contributed by atoms with Gasteiger partial charge in [0.1, 0.15) is 18.1 Å². The zero-order valence-electron chi connectivity index (χ0n) is 15.9. The number of aliphatic carboxylic acids is 1. The van der Waals surface area contributed by atoms with Gasteiger partial charge in [-0.05, 0) is 34.9 Å². The molecular weight excluding hydrogens is 397 g/mol. The number of halogens is 2. The number of carboxylic acid groups (broad SMARTS) is 1. The molecule has 0 bridgehead atoms. The first-order chi connectivity index (χ1) is 13.9. The number of ether oxygens (including phenoxy) is 1. The van der Waals surface area contributed by atoms with Crippen LogP contribution in [0.3, 0.4) is 0 Å². The van der Waals surface area contributed by atoms with Crippen LogP contribution in [0, 0.1) is 5.82 Å². The highest BCUT2D eigenvalue weighted by molar-refractivity contribution is 6.30. The van der Waals surface area contributed by atoms with Crippen LogP contribution in [0.25, 0.3) is 11.1 Å². The summed E-state index contributed by atoms with van der Waals surface area (Å²) >= 11 is 6.06. The van der Waals surface area contributed by atoms with E-state index >= 15 is 4.39 Å². The van der Waals surface area contributed by atoms with Gasteiger partial charge in [-0.2, -0.15) is 0 Å². The predicted octanol–water partition coefficient (Wildman–Crippen LogP) is 4.06. The Hall–Kier alpha value is -3.19. The second kappa shape index (κ2) is 8.87. The molecule has 0 aliphatic carbocycles. The first kappa shape index (κ1) is 20.5. The number of rotatable bonds is 7. The average molecular weight is 416 g/mol. The van der Waals surface area contributed by atoms with Crippen molar-refractivity contribution in [3.8, 4) is 16.9 Å². The molecule has 3 rings (SSSR count). The molecule has 0 spiro atoms. The molecule has 0 unspecified atom stereocenters. The Morgan fingerprint density at radius 3 is 2.59 bits per heavy atom. The fourth-order valence-corrected chi connectivity index (χ4v) is 3.14. The van der Waals surface area contributed by atoms with Crippen LogP contribution in [0.15, 0.2) is 48.8 Å². The maximum atomic E-state index is 15.3. The summed E-state index contributed by atoms with van der Waals surface area (Å²) in [6, 6.07) is 10.3. The molecule has 0 saturated carbocycles. The van der Waals surface area contributed by atoms with Gasteiger partial charge in [0, 0.05) is 30.9 Å². The highest BCUT2D eigenvalue weighted by Gasteiger charge is 2.17. The van der Waals surface area contributed by atoms with Crippen LogP contribution in [0.5, 0.6) is 5.75 Å². The lowest BCUT2D eigenvalue weighted by Gasteiger charge is -2.15. The molecule has 6 nitrogen and oxygen atoms in total. The van der Waals surface area contributed by atoms with Crippen molar-refractivity contribution in [2.45, 2.75) is 6.42 Å². The molecule has 2 aromatic carbocycles. The summed E-state index contributed by atoms with van der Waals surface area (Å²) in [4.78, 5) is 20.5. The van der Waals surface area contributed by atoms with Gasteiger partial charge in [0.25, 0.3) is 0 Å². The molecule has 1 N–H and O–H groups in total. The number of carbonyl (C=O) groups is 1. The number of nitrogens with zero attached hydrogens (tertiary/aromatic N) is 3. The third-order valence-corrected chi connectivity index (χ3v) is 4.55. The Morgan fingerprint density at radius 1 is 1.24 bits per heavy atom.